The first-order chi connectivity index (χ1) is 12.1. The zero-order chi connectivity index (χ0) is 17.6. The van der Waals surface area contributed by atoms with Crippen molar-refractivity contribution in [3.63, 3.8) is 0 Å². The first-order valence-electron chi connectivity index (χ1n) is 7.76. The maximum atomic E-state index is 13.2. The van der Waals surface area contributed by atoms with E-state index in [1.54, 1.807) is 54.0 Å². The molecule has 0 radical (unpaired) electrons. The molecule has 1 aliphatic heterocycles. The molecular formula is C18H14ClN3O2S. The maximum Gasteiger partial charge on any atom is 0.279 e. The van der Waals surface area contributed by atoms with E-state index in [2.05, 4.69) is 5.10 Å². The zero-order valence-electron chi connectivity index (χ0n) is 13.4. The number of aromatic nitrogens is 2. The van der Waals surface area contributed by atoms with Gasteiger partial charge in [-0.3, -0.25) is 9.59 Å². The third kappa shape index (κ3) is 2.71. The predicted octanol–water partition coefficient (Wildman–Crippen LogP) is 3.34. The van der Waals surface area contributed by atoms with Gasteiger partial charge in [0.1, 0.15) is 0 Å². The zero-order valence-corrected chi connectivity index (χ0v) is 15.0. The number of nitrogens with zero attached hydrogens (tertiary/aromatic N) is 3. The van der Waals surface area contributed by atoms with Crippen LogP contribution in [0.4, 0.5) is 5.69 Å². The molecule has 0 saturated heterocycles. The van der Waals surface area contributed by atoms with E-state index in [4.69, 9.17) is 11.6 Å². The van der Waals surface area contributed by atoms with E-state index in [-0.39, 0.29) is 17.2 Å². The summed E-state index contributed by atoms with van der Waals surface area (Å²) in [5.41, 5.74) is 0.841. The summed E-state index contributed by atoms with van der Waals surface area (Å²) in [7, 11) is 1.56. The Morgan fingerprint density at radius 3 is 2.76 bits per heavy atom. The van der Waals surface area contributed by atoms with Crippen LogP contribution in [0.25, 0.3) is 10.8 Å². The molecule has 0 N–H and O–H groups in total. The Labute approximate surface area is 153 Å². The van der Waals surface area contributed by atoms with Crippen molar-refractivity contribution in [2.24, 2.45) is 7.05 Å². The van der Waals surface area contributed by atoms with Crippen molar-refractivity contribution in [3.8, 4) is 0 Å². The van der Waals surface area contributed by atoms with Crippen LogP contribution in [-0.2, 0) is 7.05 Å². The highest BCUT2D eigenvalue weighted by Gasteiger charge is 2.27. The molecule has 1 aromatic heterocycles. The van der Waals surface area contributed by atoms with Gasteiger partial charge in [0.2, 0.25) is 0 Å². The van der Waals surface area contributed by atoms with Gasteiger partial charge in [-0.05, 0) is 24.3 Å². The number of amides is 1. The van der Waals surface area contributed by atoms with Crippen LogP contribution in [0, 0.1) is 0 Å². The normalized spacial score (nSPS) is 13.8. The minimum atomic E-state index is -0.226. The average Bonchev–Trinajstić information content (AvgIpc) is 2.63. The van der Waals surface area contributed by atoms with Gasteiger partial charge in [-0.25, -0.2) is 4.68 Å². The van der Waals surface area contributed by atoms with Crippen LogP contribution < -0.4 is 10.5 Å². The number of aryl methyl sites for hydroxylation is 1. The molecule has 2 heterocycles. The molecule has 25 heavy (non-hydrogen) atoms. The number of hydrogen-bond acceptors (Lipinski definition) is 4. The van der Waals surface area contributed by atoms with Crippen molar-refractivity contribution in [1.82, 2.24) is 9.78 Å². The Bertz CT molecular complexity index is 1060. The summed E-state index contributed by atoms with van der Waals surface area (Å²) in [6.07, 6.45) is 0. The van der Waals surface area contributed by atoms with Crippen LogP contribution >= 0.6 is 23.4 Å². The molecular weight excluding hydrogens is 358 g/mol. The number of carbonyl (C=O) groups is 1. The lowest BCUT2D eigenvalue weighted by Gasteiger charge is -2.29. The van der Waals surface area contributed by atoms with Crippen LogP contribution in [0.2, 0.25) is 5.02 Å². The smallest absolute Gasteiger partial charge is 0.279 e. The van der Waals surface area contributed by atoms with Crippen molar-refractivity contribution >= 4 is 45.7 Å². The van der Waals surface area contributed by atoms with E-state index in [1.807, 2.05) is 12.1 Å². The van der Waals surface area contributed by atoms with Crippen LogP contribution in [0.15, 0.2) is 52.2 Å². The number of carbonyl (C=O) groups excluding carboxylic acids is 1. The van der Waals surface area contributed by atoms with Gasteiger partial charge >= 0.3 is 0 Å². The van der Waals surface area contributed by atoms with Gasteiger partial charge in [-0.2, -0.15) is 5.10 Å². The van der Waals surface area contributed by atoms with Gasteiger partial charge in [0.05, 0.1) is 11.1 Å². The molecule has 2 aromatic carbocycles. The molecule has 3 aromatic rings. The summed E-state index contributed by atoms with van der Waals surface area (Å²) in [5, 5.41) is 5.88. The van der Waals surface area contributed by atoms with Gasteiger partial charge in [0, 0.05) is 34.6 Å². The second kappa shape index (κ2) is 6.20. The topological polar surface area (TPSA) is 55.2 Å². The third-order valence-electron chi connectivity index (χ3n) is 4.19. The molecule has 1 aliphatic rings. The summed E-state index contributed by atoms with van der Waals surface area (Å²) >= 11 is 7.82. The van der Waals surface area contributed by atoms with E-state index in [0.717, 1.165) is 16.3 Å². The molecule has 7 heteroatoms. The van der Waals surface area contributed by atoms with Crippen molar-refractivity contribution in [2.75, 3.05) is 17.2 Å². The van der Waals surface area contributed by atoms with E-state index in [1.165, 1.54) is 4.68 Å². The Balaban J connectivity index is 1.89. The third-order valence-corrected chi connectivity index (χ3v) is 5.47. The van der Waals surface area contributed by atoms with Gasteiger partial charge in [0.15, 0.2) is 5.69 Å². The summed E-state index contributed by atoms with van der Waals surface area (Å²) in [6, 6.07) is 12.6. The van der Waals surface area contributed by atoms with Gasteiger partial charge in [0.25, 0.3) is 11.5 Å². The van der Waals surface area contributed by atoms with Gasteiger partial charge in [-0.1, -0.05) is 29.8 Å². The van der Waals surface area contributed by atoms with E-state index in [0.29, 0.717) is 22.3 Å². The molecule has 0 aliphatic carbocycles. The van der Waals surface area contributed by atoms with Crippen LogP contribution in [0.3, 0.4) is 0 Å². The predicted molar refractivity (Wildman–Crippen MR) is 101 cm³/mol. The highest BCUT2D eigenvalue weighted by Crippen LogP contribution is 2.37. The van der Waals surface area contributed by atoms with Crippen molar-refractivity contribution in [2.45, 2.75) is 4.90 Å². The summed E-state index contributed by atoms with van der Waals surface area (Å²) in [5.74, 6) is 0.569. The fourth-order valence-electron chi connectivity index (χ4n) is 2.99. The molecule has 4 rings (SSSR count). The quantitative estimate of drug-likeness (QED) is 0.658. The molecule has 1 amide bonds. The lowest BCUT2D eigenvalue weighted by molar-refractivity contribution is 0.0982. The monoisotopic (exact) mass is 371 g/mol. The SMILES string of the molecule is Cn1nc(C(=O)N2CCSc3ccc(Cl)cc32)c2ccccc2c1=O. The molecule has 0 atom stereocenters. The van der Waals surface area contributed by atoms with Gasteiger partial charge in [-0.15, -0.1) is 11.8 Å². The second-order valence-electron chi connectivity index (χ2n) is 5.74. The lowest BCUT2D eigenvalue weighted by Crippen LogP contribution is -2.37. The molecule has 126 valence electrons. The molecule has 5 nitrogen and oxygen atoms in total. The largest absolute Gasteiger partial charge is 0.305 e. The number of thioether (sulfide) groups is 1. The Hall–Kier alpha value is -2.31. The van der Waals surface area contributed by atoms with E-state index < -0.39 is 0 Å². The van der Waals surface area contributed by atoms with Crippen LogP contribution in [0.1, 0.15) is 10.5 Å². The van der Waals surface area contributed by atoms with E-state index in [9.17, 15) is 9.59 Å². The number of benzene rings is 2. The Morgan fingerprint density at radius 1 is 1.20 bits per heavy atom. The molecule has 0 saturated carbocycles. The number of anilines is 1. The summed E-state index contributed by atoms with van der Waals surface area (Å²) in [4.78, 5) is 28.2. The van der Waals surface area contributed by atoms with Crippen LogP contribution in [-0.4, -0.2) is 28.0 Å². The first kappa shape index (κ1) is 16.2. The van der Waals surface area contributed by atoms with Crippen LogP contribution in [0.5, 0.6) is 0 Å². The highest BCUT2D eigenvalue weighted by atomic mass is 35.5. The number of hydrogen-bond donors (Lipinski definition) is 0. The molecule has 0 fully saturated rings. The number of halogens is 1. The van der Waals surface area contributed by atoms with Gasteiger partial charge < -0.3 is 4.90 Å². The van der Waals surface area contributed by atoms with Crippen molar-refractivity contribution in [1.29, 1.82) is 0 Å². The molecule has 0 unspecified atom stereocenters. The highest BCUT2D eigenvalue weighted by molar-refractivity contribution is 7.99. The Kier molecular flexibility index (Phi) is 4.01. The minimum Gasteiger partial charge on any atom is -0.305 e. The fourth-order valence-corrected chi connectivity index (χ4v) is 4.13. The second-order valence-corrected chi connectivity index (χ2v) is 7.31. The van der Waals surface area contributed by atoms with E-state index >= 15 is 0 Å². The number of rotatable bonds is 1. The standard InChI is InChI=1S/C18H14ClN3O2S/c1-21-17(23)13-5-3-2-4-12(13)16(20-21)18(24)22-8-9-25-15-7-6-11(19)10-14(15)22/h2-7,10H,8-9H2,1H3. The Morgan fingerprint density at radius 2 is 1.96 bits per heavy atom. The van der Waals surface area contributed by atoms with Crippen molar-refractivity contribution in [3.05, 3.63) is 63.5 Å². The molecule has 0 bridgehead atoms. The summed E-state index contributed by atoms with van der Waals surface area (Å²) < 4.78 is 1.22. The van der Waals surface area contributed by atoms with Crippen molar-refractivity contribution < 1.29 is 4.79 Å². The number of fused-ring (bicyclic) bond motifs is 2. The summed E-state index contributed by atoms with van der Waals surface area (Å²) in [6.45, 7) is 0.565. The molecule has 0 spiro atoms. The fraction of sp³-hybridized carbons (Fsp3) is 0.167. The maximum absolute atomic E-state index is 13.2. The average molecular weight is 372 g/mol. The lowest BCUT2D eigenvalue weighted by atomic mass is 10.1. The minimum absolute atomic E-state index is 0.218. The first-order valence-corrected chi connectivity index (χ1v) is 9.13.